The molecule has 4 heterocycles. The van der Waals surface area contributed by atoms with E-state index in [0.717, 1.165) is 51.3 Å². The summed E-state index contributed by atoms with van der Waals surface area (Å²) in [6, 6.07) is 5.62. The Morgan fingerprint density at radius 3 is 2.68 bits per heavy atom. The lowest BCUT2D eigenvalue weighted by Gasteiger charge is -2.32. The Bertz CT molecular complexity index is 824. The summed E-state index contributed by atoms with van der Waals surface area (Å²) in [5, 5.41) is 0. The van der Waals surface area contributed by atoms with Crippen LogP contribution in [0.15, 0.2) is 29.2 Å². The number of pyridine rings is 1. The highest BCUT2D eigenvalue weighted by atomic mass is 16.5. The molecule has 0 aliphatic carbocycles. The van der Waals surface area contributed by atoms with Crippen LogP contribution in [0.5, 0.6) is 5.88 Å². The number of aromatic amines is 1. The number of nitrogens with one attached hydrogen (secondary N) is 1. The van der Waals surface area contributed by atoms with Crippen molar-refractivity contribution in [2.75, 3.05) is 51.4 Å². The van der Waals surface area contributed by atoms with Gasteiger partial charge in [-0.15, -0.1) is 0 Å². The van der Waals surface area contributed by atoms with Gasteiger partial charge >= 0.3 is 0 Å². The van der Waals surface area contributed by atoms with Crippen molar-refractivity contribution in [1.29, 1.82) is 0 Å². The van der Waals surface area contributed by atoms with Crippen LogP contribution in [0.25, 0.3) is 0 Å². The molecule has 2 aromatic rings. The van der Waals surface area contributed by atoms with Crippen molar-refractivity contribution in [2.24, 2.45) is 0 Å². The molecule has 4 rings (SSSR count). The van der Waals surface area contributed by atoms with E-state index in [1.54, 1.807) is 13.2 Å². The van der Waals surface area contributed by atoms with Crippen molar-refractivity contribution < 1.29 is 9.47 Å². The van der Waals surface area contributed by atoms with Crippen LogP contribution in [-0.4, -0.2) is 66.4 Å². The third-order valence-corrected chi connectivity index (χ3v) is 5.48. The van der Waals surface area contributed by atoms with E-state index < -0.39 is 0 Å². The number of H-pyrrole nitrogens is 1. The van der Waals surface area contributed by atoms with Crippen LogP contribution in [0.4, 0.5) is 5.95 Å². The van der Waals surface area contributed by atoms with Crippen molar-refractivity contribution in [3.63, 3.8) is 0 Å². The predicted octanol–water partition coefficient (Wildman–Crippen LogP) is 1.39. The third-order valence-electron chi connectivity index (χ3n) is 5.48. The van der Waals surface area contributed by atoms with E-state index in [1.807, 2.05) is 12.3 Å². The van der Waals surface area contributed by atoms with E-state index in [1.165, 1.54) is 5.56 Å². The molecule has 2 fully saturated rings. The highest BCUT2D eigenvalue weighted by Crippen LogP contribution is 2.27. The van der Waals surface area contributed by atoms with Gasteiger partial charge in [0.25, 0.3) is 5.56 Å². The summed E-state index contributed by atoms with van der Waals surface area (Å²) in [4.78, 5) is 28.6. The largest absolute Gasteiger partial charge is 0.481 e. The minimum atomic E-state index is -0.0711. The maximum Gasteiger partial charge on any atom is 0.252 e. The first-order chi connectivity index (χ1) is 13.7. The van der Waals surface area contributed by atoms with E-state index in [9.17, 15) is 4.79 Å². The van der Waals surface area contributed by atoms with E-state index in [-0.39, 0.29) is 5.56 Å². The quantitative estimate of drug-likeness (QED) is 0.833. The molecule has 0 radical (unpaired) electrons. The number of piperidine rings is 1. The lowest BCUT2D eigenvalue weighted by Crippen LogP contribution is -2.39. The monoisotopic (exact) mass is 385 g/mol. The molecule has 2 aliphatic heterocycles. The second-order valence-electron chi connectivity index (χ2n) is 7.35. The molecular formula is C20H27N5O3. The standard InChI is InChI=1S/C20H27N5O3/c1-27-19-3-2-15(13-21-19)14-24-6-4-16(5-7-24)17-12-18(26)23-20(22-17)25-8-10-28-11-9-25/h2-3,12-13,16H,4-11,14H2,1H3,(H,22,23,26). The van der Waals surface area contributed by atoms with Crippen molar-refractivity contribution >= 4 is 5.95 Å². The minimum Gasteiger partial charge on any atom is -0.481 e. The zero-order valence-corrected chi connectivity index (χ0v) is 16.3. The van der Waals surface area contributed by atoms with Gasteiger partial charge in [-0.05, 0) is 31.5 Å². The Morgan fingerprint density at radius 2 is 2.00 bits per heavy atom. The normalized spacial score (nSPS) is 19.0. The Morgan fingerprint density at radius 1 is 1.21 bits per heavy atom. The Kier molecular flexibility index (Phi) is 5.87. The molecule has 8 heteroatoms. The second kappa shape index (κ2) is 8.70. The maximum atomic E-state index is 12.2. The summed E-state index contributed by atoms with van der Waals surface area (Å²) in [5.41, 5.74) is 2.03. The fraction of sp³-hybridized carbons (Fsp3) is 0.550. The number of anilines is 1. The zero-order chi connectivity index (χ0) is 19.3. The molecule has 0 unspecified atom stereocenters. The van der Waals surface area contributed by atoms with Gasteiger partial charge < -0.3 is 14.4 Å². The molecule has 0 atom stereocenters. The van der Waals surface area contributed by atoms with Gasteiger partial charge in [-0.25, -0.2) is 9.97 Å². The molecule has 28 heavy (non-hydrogen) atoms. The second-order valence-corrected chi connectivity index (χ2v) is 7.35. The first-order valence-corrected chi connectivity index (χ1v) is 9.86. The average Bonchev–Trinajstić information content (AvgIpc) is 2.75. The summed E-state index contributed by atoms with van der Waals surface area (Å²) < 4.78 is 10.5. The van der Waals surface area contributed by atoms with Gasteiger partial charge in [0.05, 0.1) is 26.0 Å². The van der Waals surface area contributed by atoms with Gasteiger partial charge in [0.2, 0.25) is 11.8 Å². The average molecular weight is 385 g/mol. The van der Waals surface area contributed by atoms with Gasteiger partial charge in [0, 0.05) is 43.9 Å². The summed E-state index contributed by atoms with van der Waals surface area (Å²) in [6.07, 6.45) is 3.88. The van der Waals surface area contributed by atoms with Gasteiger partial charge in [0.15, 0.2) is 0 Å². The summed E-state index contributed by atoms with van der Waals surface area (Å²) >= 11 is 0. The molecule has 2 aliphatic rings. The van der Waals surface area contributed by atoms with Crippen molar-refractivity contribution in [2.45, 2.75) is 25.3 Å². The molecule has 2 aromatic heterocycles. The molecule has 8 nitrogen and oxygen atoms in total. The number of hydrogen-bond donors (Lipinski definition) is 1. The fourth-order valence-electron chi connectivity index (χ4n) is 3.87. The van der Waals surface area contributed by atoms with E-state index in [2.05, 4.69) is 25.8 Å². The Hall–Kier alpha value is -2.45. The van der Waals surface area contributed by atoms with Gasteiger partial charge in [0.1, 0.15) is 0 Å². The molecule has 0 spiro atoms. The minimum absolute atomic E-state index is 0.0711. The number of likely N-dealkylation sites (tertiary alicyclic amines) is 1. The van der Waals surface area contributed by atoms with E-state index >= 15 is 0 Å². The smallest absolute Gasteiger partial charge is 0.252 e. The van der Waals surface area contributed by atoms with Crippen LogP contribution in [0.3, 0.4) is 0 Å². The van der Waals surface area contributed by atoms with Crippen LogP contribution >= 0.6 is 0 Å². The van der Waals surface area contributed by atoms with Crippen molar-refractivity contribution in [3.8, 4) is 5.88 Å². The van der Waals surface area contributed by atoms with Crippen LogP contribution < -0.4 is 15.2 Å². The predicted molar refractivity (Wildman–Crippen MR) is 106 cm³/mol. The Labute approximate surface area is 164 Å². The van der Waals surface area contributed by atoms with Crippen LogP contribution in [0.1, 0.15) is 30.0 Å². The van der Waals surface area contributed by atoms with Crippen molar-refractivity contribution in [1.82, 2.24) is 19.9 Å². The molecule has 1 N–H and O–H groups in total. The molecular weight excluding hydrogens is 358 g/mol. The topological polar surface area (TPSA) is 83.6 Å². The lowest BCUT2D eigenvalue weighted by atomic mass is 9.93. The van der Waals surface area contributed by atoms with Gasteiger partial charge in [-0.1, -0.05) is 6.07 Å². The summed E-state index contributed by atoms with van der Waals surface area (Å²) in [6.45, 7) is 5.72. The summed E-state index contributed by atoms with van der Waals surface area (Å²) in [7, 11) is 1.62. The molecule has 0 aromatic carbocycles. The number of nitrogens with zero attached hydrogens (tertiary/aromatic N) is 4. The first-order valence-electron chi connectivity index (χ1n) is 9.86. The van der Waals surface area contributed by atoms with Crippen molar-refractivity contribution in [3.05, 3.63) is 46.0 Å². The first kappa shape index (κ1) is 18.9. The number of ether oxygens (including phenoxy) is 2. The van der Waals surface area contributed by atoms with E-state index in [4.69, 9.17) is 14.5 Å². The number of morpholine rings is 1. The molecule has 150 valence electrons. The number of aromatic nitrogens is 3. The highest BCUT2D eigenvalue weighted by molar-refractivity contribution is 5.31. The van der Waals surface area contributed by atoms with Crippen LogP contribution in [0.2, 0.25) is 0 Å². The van der Waals surface area contributed by atoms with Crippen LogP contribution in [-0.2, 0) is 11.3 Å². The summed E-state index contributed by atoms with van der Waals surface area (Å²) in [5.74, 6) is 1.64. The van der Waals surface area contributed by atoms with Gasteiger partial charge in [-0.3, -0.25) is 14.7 Å². The highest BCUT2D eigenvalue weighted by Gasteiger charge is 2.23. The number of hydrogen-bond acceptors (Lipinski definition) is 7. The zero-order valence-electron chi connectivity index (χ0n) is 16.3. The molecule has 0 saturated carbocycles. The Balaban J connectivity index is 1.37. The van der Waals surface area contributed by atoms with Gasteiger partial charge in [-0.2, -0.15) is 0 Å². The fourth-order valence-corrected chi connectivity index (χ4v) is 3.87. The maximum absolute atomic E-state index is 12.2. The SMILES string of the molecule is COc1ccc(CN2CCC(c3cc(=O)[nH]c(N4CCOCC4)n3)CC2)cn1. The molecule has 0 bridgehead atoms. The molecule has 0 amide bonds. The number of rotatable bonds is 5. The lowest BCUT2D eigenvalue weighted by molar-refractivity contribution is 0.122. The van der Waals surface area contributed by atoms with E-state index in [0.29, 0.717) is 31.0 Å². The third kappa shape index (κ3) is 4.51. The molecule has 2 saturated heterocycles. The van der Waals surface area contributed by atoms with Crippen LogP contribution in [0, 0.1) is 0 Å². The number of methoxy groups -OCH3 is 1.